The number of ether oxygens (including phenoxy) is 1. The van der Waals surface area contributed by atoms with E-state index in [0.29, 0.717) is 5.75 Å². The standard InChI is InChI=1S/C15H14ClNO3/c1-8-6-9(2)10(3)12(7-8)20-14-11(15(18)19)4-5-13(16)17-14/h4-7H,1-3H3,(H,18,19). The molecular formula is C15H14ClNO3. The number of hydrogen-bond donors (Lipinski definition) is 1. The second kappa shape index (κ2) is 5.51. The van der Waals surface area contributed by atoms with Crippen molar-refractivity contribution in [2.75, 3.05) is 0 Å². The molecule has 0 bridgehead atoms. The Kier molecular flexibility index (Phi) is 3.95. The fourth-order valence-electron chi connectivity index (χ4n) is 1.87. The minimum absolute atomic E-state index is 0.00176. The second-order valence-electron chi connectivity index (χ2n) is 4.60. The van der Waals surface area contributed by atoms with Gasteiger partial charge in [-0.1, -0.05) is 17.7 Å². The van der Waals surface area contributed by atoms with Gasteiger partial charge in [0.2, 0.25) is 5.88 Å². The summed E-state index contributed by atoms with van der Waals surface area (Å²) in [4.78, 5) is 15.1. The predicted molar refractivity (Wildman–Crippen MR) is 76.9 cm³/mol. The highest BCUT2D eigenvalue weighted by atomic mass is 35.5. The van der Waals surface area contributed by atoms with Gasteiger partial charge >= 0.3 is 5.97 Å². The van der Waals surface area contributed by atoms with E-state index in [-0.39, 0.29) is 16.6 Å². The largest absolute Gasteiger partial charge is 0.477 e. The molecule has 0 unspecified atom stereocenters. The van der Waals surface area contributed by atoms with Crippen molar-refractivity contribution in [3.63, 3.8) is 0 Å². The van der Waals surface area contributed by atoms with Gasteiger partial charge in [-0.05, 0) is 55.7 Å². The number of carbonyl (C=O) groups is 1. The van der Waals surface area contributed by atoms with E-state index in [1.54, 1.807) is 0 Å². The molecule has 0 spiro atoms. The number of pyridine rings is 1. The summed E-state index contributed by atoms with van der Waals surface area (Å²) >= 11 is 5.81. The molecule has 5 heteroatoms. The molecule has 0 aliphatic carbocycles. The van der Waals surface area contributed by atoms with Crippen LogP contribution in [-0.4, -0.2) is 16.1 Å². The van der Waals surface area contributed by atoms with Crippen LogP contribution in [0.25, 0.3) is 0 Å². The van der Waals surface area contributed by atoms with Gasteiger partial charge in [0.1, 0.15) is 16.5 Å². The summed E-state index contributed by atoms with van der Waals surface area (Å²) < 4.78 is 5.67. The number of halogens is 1. The summed E-state index contributed by atoms with van der Waals surface area (Å²) in [7, 11) is 0. The molecule has 104 valence electrons. The molecule has 2 aromatic rings. The van der Waals surface area contributed by atoms with E-state index in [1.807, 2.05) is 32.9 Å². The van der Waals surface area contributed by atoms with Crippen molar-refractivity contribution in [3.05, 3.63) is 51.7 Å². The highest BCUT2D eigenvalue weighted by molar-refractivity contribution is 6.29. The van der Waals surface area contributed by atoms with Gasteiger partial charge in [0.15, 0.2) is 0 Å². The van der Waals surface area contributed by atoms with Crippen LogP contribution in [0.5, 0.6) is 11.6 Å². The van der Waals surface area contributed by atoms with Crippen molar-refractivity contribution < 1.29 is 14.6 Å². The molecule has 2 rings (SSSR count). The molecule has 0 amide bonds. The van der Waals surface area contributed by atoms with Gasteiger partial charge in [-0.25, -0.2) is 9.78 Å². The highest BCUT2D eigenvalue weighted by Crippen LogP contribution is 2.30. The molecule has 1 aromatic carbocycles. The Morgan fingerprint density at radius 1 is 1.25 bits per heavy atom. The van der Waals surface area contributed by atoms with Crippen LogP contribution in [-0.2, 0) is 0 Å². The maximum atomic E-state index is 11.2. The summed E-state index contributed by atoms with van der Waals surface area (Å²) in [6.07, 6.45) is 0. The van der Waals surface area contributed by atoms with Gasteiger partial charge in [-0.3, -0.25) is 0 Å². The van der Waals surface area contributed by atoms with Crippen LogP contribution in [0.2, 0.25) is 5.15 Å². The summed E-state index contributed by atoms with van der Waals surface area (Å²) in [6, 6.07) is 6.68. The molecule has 0 atom stereocenters. The minimum Gasteiger partial charge on any atom is -0.477 e. The molecule has 1 heterocycles. The van der Waals surface area contributed by atoms with Crippen molar-refractivity contribution in [2.24, 2.45) is 0 Å². The fourth-order valence-corrected chi connectivity index (χ4v) is 2.01. The van der Waals surface area contributed by atoms with Crippen LogP contribution in [0.4, 0.5) is 0 Å². The molecule has 0 fully saturated rings. The zero-order valence-corrected chi connectivity index (χ0v) is 12.2. The molecule has 4 nitrogen and oxygen atoms in total. The number of nitrogens with zero attached hydrogens (tertiary/aromatic N) is 1. The van der Waals surface area contributed by atoms with Crippen LogP contribution < -0.4 is 4.74 Å². The lowest BCUT2D eigenvalue weighted by Gasteiger charge is -2.13. The van der Waals surface area contributed by atoms with Crippen molar-refractivity contribution >= 4 is 17.6 Å². The van der Waals surface area contributed by atoms with Gasteiger partial charge < -0.3 is 9.84 Å². The SMILES string of the molecule is Cc1cc(C)c(C)c(Oc2nc(Cl)ccc2C(=O)O)c1. The van der Waals surface area contributed by atoms with Crippen LogP contribution in [0.3, 0.4) is 0 Å². The molecule has 0 saturated heterocycles. The first-order valence-electron chi connectivity index (χ1n) is 6.04. The van der Waals surface area contributed by atoms with E-state index in [2.05, 4.69) is 4.98 Å². The highest BCUT2D eigenvalue weighted by Gasteiger charge is 2.16. The molecule has 20 heavy (non-hydrogen) atoms. The average molecular weight is 292 g/mol. The van der Waals surface area contributed by atoms with E-state index in [1.165, 1.54) is 12.1 Å². The zero-order valence-electron chi connectivity index (χ0n) is 11.4. The Balaban J connectivity index is 2.50. The number of hydrogen-bond acceptors (Lipinski definition) is 3. The number of carboxylic acid groups (broad SMARTS) is 1. The number of benzene rings is 1. The summed E-state index contributed by atoms with van der Waals surface area (Å²) in [5.41, 5.74) is 3.02. The number of carboxylic acids is 1. The minimum atomic E-state index is -1.11. The molecular weight excluding hydrogens is 278 g/mol. The quantitative estimate of drug-likeness (QED) is 0.863. The maximum absolute atomic E-state index is 11.2. The monoisotopic (exact) mass is 291 g/mol. The second-order valence-corrected chi connectivity index (χ2v) is 4.99. The first-order chi connectivity index (χ1) is 9.38. The van der Waals surface area contributed by atoms with E-state index < -0.39 is 5.97 Å². The smallest absolute Gasteiger partial charge is 0.341 e. The summed E-state index contributed by atoms with van der Waals surface area (Å²) in [5.74, 6) is -0.524. The van der Waals surface area contributed by atoms with Crippen LogP contribution in [0.1, 0.15) is 27.0 Å². The van der Waals surface area contributed by atoms with Gasteiger partial charge in [0.25, 0.3) is 0 Å². The topological polar surface area (TPSA) is 59.4 Å². The molecule has 0 aliphatic heterocycles. The molecule has 1 N–H and O–H groups in total. The first kappa shape index (κ1) is 14.3. The lowest BCUT2D eigenvalue weighted by Crippen LogP contribution is -2.03. The van der Waals surface area contributed by atoms with Gasteiger partial charge in [0.05, 0.1) is 0 Å². The van der Waals surface area contributed by atoms with Crippen molar-refractivity contribution in [1.29, 1.82) is 0 Å². The average Bonchev–Trinajstić information content (AvgIpc) is 2.35. The van der Waals surface area contributed by atoms with Crippen LogP contribution in [0, 0.1) is 20.8 Å². The first-order valence-corrected chi connectivity index (χ1v) is 6.42. The lowest BCUT2D eigenvalue weighted by atomic mass is 10.1. The number of aryl methyl sites for hydroxylation is 2. The van der Waals surface area contributed by atoms with Crippen molar-refractivity contribution in [3.8, 4) is 11.6 Å². The van der Waals surface area contributed by atoms with E-state index in [4.69, 9.17) is 21.4 Å². The Bertz CT molecular complexity index is 683. The third kappa shape index (κ3) is 2.91. The lowest BCUT2D eigenvalue weighted by molar-refractivity contribution is 0.0693. The molecule has 0 aliphatic rings. The number of aromatic carboxylic acids is 1. The van der Waals surface area contributed by atoms with Gasteiger partial charge in [0, 0.05) is 0 Å². The van der Waals surface area contributed by atoms with Crippen molar-refractivity contribution in [2.45, 2.75) is 20.8 Å². The van der Waals surface area contributed by atoms with E-state index >= 15 is 0 Å². The molecule has 0 radical (unpaired) electrons. The fraction of sp³-hybridized carbons (Fsp3) is 0.200. The summed E-state index contributed by atoms with van der Waals surface area (Å²) in [6.45, 7) is 5.83. The Labute approximate surface area is 122 Å². The maximum Gasteiger partial charge on any atom is 0.341 e. The molecule has 0 saturated carbocycles. The summed E-state index contributed by atoms with van der Waals surface area (Å²) in [5, 5.41) is 9.34. The third-order valence-electron chi connectivity index (χ3n) is 3.03. The Morgan fingerprint density at radius 2 is 1.95 bits per heavy atom. The Hall–Kier alpha value is -2.07. The van der Waals surface area contributed by atoms with Crippen LogP contribution >= 0.6 is 11.6 Å². The number of rotatable bonds is 3. The van der Waals surface area contributed by atoms with E-state index in [9.17, 15) is 4.79 Å². The zero-order chi connectivity index (χ0) is 14.9. The van der Waals surface area contributed by atoms with Gasteiger partial charge in [-0.15, -0.1) is 0 Å². The van der Waals surface area contributed by atoms with Crippen molar-refractivity contribution in [1.82, 2.24) is 4.98 Å². The molecule has 1 aromatic heterocycles. The normalized spacial score (nSPS) is 10.4. The van der Waals surface area contributed by atoms with E-state index in [0.717, 1.165) is 16.7 Å². The third-order valence-corrected chi connectivity index (χ3v) is 3.24. The Morgan fingerprint density at radius 3 is 2.60 bits per heavy atom. The predicted octanol–water partition coefficient (Wildman–Crippen LogP) is 4.15. The van der Waals surface area contributed by atoms with Crippen LogP contribution in [0.15, 0.2) is 24.3 Å². The number of aromatic nitrogens is 1. The van der Waals surface area contributed by atoms with Gasteiger partial charge in [-0.2, -0.15) is 0 Å².